The van der Waals surface area contributed by atoms with Crippen LogP contribution in [0, 0.1) is 16.0 Å². The highest BCUT2D eigenvalue weighted by Gasteiger charge is 2.15. The summed E-state index contributed by atoms with van der Waals surface area (Å²) in [6, 6.07) is 3.37. The first-order valence-corrected chi connectivity index (χ1v) is 6.60. The van der Waals surface area contributed by atoms with Crippen molar-refractivity contribution in [1.29, 1.82) is 0 Å². The van der Waals surface area contributed by atoms with Gasteiger partial charge in [0.15, 0.2) is 11.5 Å². The van der Waals surface area contributed by atoms with Crippen molar-refractivity contribution in [2.75, 3.05) is 20.8 Å². The van der Waals surface area contributed by atoms with Crippen LogP contribution in [0.3, 0.4) is 0 Å². The van der Waals surface area contributed by atoms with Crippen LogP contribution >= 0.6 is 0 Å². The van der Waals surface area contributed by atoms with Gasteiger partial charge in [-0.2, -0.15) is 0 Å². The van der Waals surface area contributed by atoms with Crippen LogP contribution in [0.15, 0.2) is 17.8 Å². The average Bonchev–Trinajstić information content (AvgIpc) is 2.44. The summed E-state index contributed by atoms with van der Waals surface area (Å²) in [4.78, 5) is 10.3. The number of methoxy groups -OCH3 is 2. The molecular formula is C15H21NO5. The normalized spacial score (nSPS) is 11.4. The lowest BCUT2D eigenvalue weighted by atomic mass is 10.1. The molecule has 21 heavy (non-hydrogen) atoms. The third kappa shape index (κ3) is 4.66. The van der Waals surface area contributed by atoms with Gasteiger partial charge in [0.25, 0.3) is 0 Å². The average molecular weight is 295 g/mol. The molecule has 0 radical (unpaired) electrons. The Kier molecular flexibility index (Phi) is 6.02. The topological polar surface area (TPSA) is 70.8 Å². The number of hydrogen-bond donors (Lipinski definition) is 0. The number of allylic oxidation sites excluding steroid dienone is 1. The molecular weight excluding hydrogens is 274 g/mol. The smallest absolute Gasteiger partial charge is 0.243 e. The van der Waals surface area contributed by atoms with Gasteiger partial charge >= 0.3 is 0 Å². The molecule has 0 N–H and O–H groups in total. The third-order valence-corrected chi connectivity index (χ3v) is 2.71. The lowest BCUT2D eigenvalue weighted by molar-refractivity contribution is -0.422. The van der Waals surface area contributed by atoms with Gasteiger partial charge in [0.05, 0.1) is 25.7 Å². The summed E-state index contributed by atoms with van der Waals surface area (Å²) in [6.45, 7) is 6.03. The van der Waals surface area contributed by atoms with E-state index in [4.69, 9.17) is 14.2 Å². The molecule has 0 aliphatic carbocycles. The number of nitro groups is 1. The maximum Gasteiger partial charge on any atom is 0.243 e. The summed E-state index contributed by atoms with van der Waals surface area (Å²) in [5.41, 5.74) is 0.657. The molecule has 0 aliphatic rings. The van der Waals surface area contributed by atoms with Gasteiger partial charge in [-0.15, -0.1) is 0 Å². The van der Waals surface area contributed by atoms with E-state index in [1.807, 2.05) is 13.8 Å². The molecule has 116 valence electrons. The van der Waals surface area contributed by atoms with Crippen LogP contribution in [0.25, 0.3) is 6.08 Å². The minimum atomic E-state index is -0.442. The number of ether oxygens (including phenoxy) is 3. The second kappa shape index (κ2) is 7.52. The van der Waals surface area contributed by atoms with Gasteiger partial charge in [0.1, 0.15) is 0 Å². The maximum atomic E-state index is 10.7. The Morgan fingerprint density at radius 2 is 1.81 bits per heavy atom. The van der Waals surface area contributed by atoms with Crippen molar-refractivity contribution in [3.63, 3.8) is 0 Å². The summed E-state index contributed by atoms with van der Waals surface area (Å²) < 4.78 is 16.3. The van der Waals surface area contributed by atoms with Gasteiger partial charge in [-0.05, 0) is 23.6 Å². The molecule has 6 nitrogen and oxygen atoms in total. The first-order chi connectivity index (χ1) is 9.88. The van der Waals surface area contributed by atoms with Crippen molar-refractivity contribution in [2.45, 2.75) is 20.8 Å². The van der Waals surface area contributed by atoms with Crippen LogP contribution in [0.1, 0.15) is 26.3 Å². The summed E-state index contributed by atoms with van der Waals surface area (Å²) >= 11 is 0. The zero-order valence-corrected chi connectivity index (χ0v) is 13.0. The Hall–Kier alpha value is -2.24. The van der Waals surface area contributed by atoms with Gasteiger partial charge in [-0.25, -0.2) is 0 Å². The molecule has 0 spiro atoms. The molecule has 0 bridgehead atoms. The van der Waals surface area contributed by atoms with E-state index >= 15 is 0 Å². The van der Waals surface area contributed by atoms with E-state index in [0.717, 1.165) is 0 Å². The molecule has 0 heterocycles. The maximum absolute atomic E-state index is 10.7. The highest BCUT2D eigenvalue weighted by atomic mass is 16.6. The van der Waals surface area contributed by atoms with E-state index in [2.05, 4.69) is 0 Å². The second-order valence-electron chi connectivity index (χ2n) is 5.00. The van der Waals surface area contributed by atoms with E-state index in [-0.39, 0.29) is 5.70 Å². The van der Waals surface area contributed by atoms with Gasteiger partial charge in [0.2, 0.25) is 11.4 Å². The van der Waals surface area contributed by atoms with Crippen molar-refractivity contribution in [1.82, 2.24) is 0 Å². The van der Waals surface area contributed by atoms with Crippen LogP contribution in [-0.2, 0) is 0 Å². The molecule has 0 unspecified atom stereocenters. The molecule has 0 amide bonds. The fourth-order valence-electron chi connectivity index (χ4n) is 1.67. The van der Waals surface area contributed by atoms with Gasteiger partial charge < -0.3 is 14.2 Å². The van der Waals surface area contributed by atoms with Crippen LogP contribution < -0.4 is 14.2 Å². The zero-order valence-electron chi connectivity index (χ0n) is 13.0. The van der Waals surface area contributed by atoms with E-state index in [1.54, 1.807) is 12.1 Å². The van der Waals surface area contributed by atoms with Gasteiger partial charge in [0, 0.05) is 13.0 Å². The van der Waals surface area contributed by atoms with Crippen molar-refractivity contribution < 1.29 is 19.1 Å². The van der Waals surface area contributed by atoms with Gasteiger partial charge in [-0.1, -0.05) is 13.8 Å². The van der Waals surface area contributed by atoms with Crippen molar-refractivity contribution in [2.24, 2.45) is 5.92 Å². The summed E-state index contributed by atoms with van der Waals surface area (Å²) in [6.07, 6.45) is 1.46. The first-order valence-electron chi connectivity index (χ1n) is 6.60. The van der Waals surface area contributed by atoms with E-state index < -0.39 is 4.92 Å². The van der Waals surface area contributed by atoms with Crippen LogP contribution in [0.4, 0.5) is 0 Å². The Morgan fingerprint density at radius 1 is 1.29 bits per heavy atom. The number of rotatable bonds is 7. The predicted octanol–water partition coefficient (Wildman–Crippen LogP) is 3.38. The Balaban J connectivity index is 3.23. The SMILES string of the molecule is COc1cc(/C=C(\C)[N+](=O)[O-])cc(OC)c1OCC(C)C. The van der Waals surface area contributed by atoms with Crippen molar-refractivity contribution >= 4 is 6.08 Å². The number of nitrogens with zero attached hydrogens (tertiary/aromatic N) is 1. The Labute approximate surface area is 124 Å². The Morgan fingerprint density at radius 3 is 2.19 bits per heavy atom. The fraction of sp³-hybridized carbons (Fsp3) is 0.467. The lowest BCUT2D eigenvalue weighted by Gasteiger charge is -2.16. The Bertz CT molecular complexity index is 512. The molecule has 0 aromatic heterocycles. The molecule has 1 aromatic rings. The molecule has 0 saturated carbocycles. The van der Waals surface area contributed by atoms with E-state index in [0.29, 0.717) is 35.3 Å². The number of benzene rings is 1. The van der Waals surface area contributed by atoms with Crippen LogP contribution in [-0.4, -0.2) is 25.7 Å². The fourth-order valence-corrected chi connectivity index (χ4v) is 1.67. The molecule has 0 saturated heterocycles. The highest BCUT2D eigenvalue weighted by molar-refractivity contribution is 5.62. The minimum Gasteiger partial charge on any atom is -0.493 e. The molecule has 0 aliphatic heterocycles. The molecule has 1 rings (SSSR count). The first kappa shape index (κ1) is 16.8. The molecule has 0 fully saturated rings. The monoisotopic (exact) mass is 295 g/mol. The molecule has 1 aromatic carbocycles. The van der Waals surface area contributed by atoms with Crippen LogP contribution in [0.2, 0.25) is 0 Å². The highest BCUT2D eigenvalue weighted by Crippen LogP contribution is 2.39. The lowest BCUT2D eigenvalue weighted by Crippen LogP contribution is -2.07. The minimum absolute atomic E-state index is 0.0370. The summed E-state index contributed by atoms with van der Waals surface area (Å²) in [7, 11) is 3.04. The van der Waals surface area contributed by atoms with Crippen molar-refractivity contribution in [3.8, 4) is 17.2 Å². The van der Waals surface area contributed by atoms with E-state index in [1.165, 1.54) is 27.2 Å². The number of hydrogen-bond acceptors (Lipinski definition) is 5. The summed E-state index contributed by atoms with van der Waals surface area (Å²) in [5, 5.41) is 10.7. The molecule has 0 atom stereocenters. The largest absolute Gasteiger partial charge is 0.493 e. The van der Waals surface area contributed by atoms with E-state index in [9.17, 15) is 10.1 Å². The zero-order chi connectivity index (χ0) is 16.0. The summed E-state index contributed by atoms with van der Waals surface area (Å²) in [5.74, 6) is 1.83. The molecule has 6 heteroatoms. The second-order valence-corrected chi connectivity index (χ2v) is 5.00. The predicted molar refractivity (Wildman–Crippen MR) is 80.5 cm³/mol. The van der Waals surface area contributed by atoms with Gasteiger partial charge in [-0.3, -0.25) is 10.1 Å². The van der Waals surface area contributed by atoms with Crippen LogP contribution in [0.5, 0.6) is 17.2 Å². The quantitative estimate of drug-likeness (QED) is 0.569. The van der Waals surface area contributed by atoms with Crippen molar-refractivity contribution in [3.05, 3.63) is 33.5 Å². The third-order valence-electron chi connectivity index (χ3n) is 2.71. The standard InChI is InChI=1S/C15H21NO5/c1-10(2)9-21-15-13(19-4)7-12(8-14(15)20-5)6-11(3)16(17)18/h6-8,10H,9H2,1-5H3/b11-6+.